The van der Waals surface area contributed by atoms with Gasteiger partial charge >= 0.3 is 11.9 Å². The summed E-state index contributed by atoms with van der Waals surface area (Å²) in [5.74, 6) is -1.61. The van der Waals surface area contributed by atoms with Crippen LogP contribution >= 0.6 is 0 Å². The molecule has 1 aliphatic rings. The number of hydrogen-bond donors (Lipinski definition) is 0. The lowest BCUT2D eigenvalue weighted by Crippen LogP contribution is -2.53. The third kappa shape index (κ3) is 2.61. The fraction of sp³-hybridized carbons (Fsp3) is 0.467. The summed E-state index contributed by atoms with van der Waals surface area (Å²) in [6.07, 6.45) is 0.227. The number of esters is 2. The van der Waals surface area contributed by atoms with Crippen molar-refractivity contribution in [2.45, 2.75) is 33.0 Å². The molecule has 0 aliphatic carbocycles. The summed E-state index contributed by atoms with van der Waals surface area (Å²) in [6, 6.07) is 7.18. The quantitative estimate of drug-likeness (QED) is 0.625. The maximum absolute atomic E-state index is 12.1. The van der Waals surface area contributed by atoms with E-state index in [4.69, 9.17) is 14.2 Å². The minimum absolute atomic E-state index is 0.227. The van der Waals surface area contributed by atoms with Gasteiger partial charge in [0.1, 0.15) is 5.75 Å². The topological polar surface area (TPSA) is 61.8 Å². The molecule has 0 bridgehead atoms. The van der Waals surface area contributed by atoms with Gasteiger partial charge < -0.3 is 14.2 Å². The Labute approximate surface area is 117 Å². The molecule has 0 N–H and O–H groups in total. The molecule has 0 unspecified atom stereocenters. The van der Waals surface area contributed by atoms with Crippen LogP contribution in [0.4, 0.5) is 0 Å². The molecule has 0 aromatic heterocycles. The summed E-state index contributed by atoms with van der Waals surface area (Å²) in [6.45, 7) is 4.61. The van der Waals surface area contributed by atoms with Crippen LogP contribution in [0, 0.1) is 5.41 Å². The number of rotatable bonds is 3. The average Bonchev–Trinajstić information content (AvgIpc) is 2.36. The lowest BCUT2D eigenvalue weighted by molar-refractivity contribution is -0.249. The second-order valence-electron chi connectivity index (χ2n) is 5.54. The molecule has 1 aliphatic heterocycles. The van der Waals surface area contributed by atoms with Crippen molar-refractivity contribution in [2.24, 2.45) is 5.41 Å². The molecule has 20 heavy (non-hydrogen) atoms. The Morgan fingerprint density at radius 3 is 1.95 bits per heavy atom. The Morgan fingerprint density at radius 2 is 1.50 bits per heavy atom. The molecule has 5 heteroatoms. The monoisotopic (exact) mass is 278 g/mol. The van der Waals surface area contributed by atoms with Crippen molar-refractivity contribution >= 4 is 11.9 Å². The zero-order chi connectivity index (χ0) is 15.0. The zero-order valence-corrected chi connectivity index (χ0v) is 12.1. The first-order valence-electron chi connectivity index (χ1n) is 6.37. The third-order valence-corrected chi connectivity index (χ3v) is 3.29. The smallest absolute Gasteiger partial charge is 0.326 e. The molecule has 0 radical (unpaired) electrons. The first kappa shape index (κ1) is 14.4. The molecule has 5 nitrogen and oxygen atoms in total. The van der Waals surface area contributed by atoms with E-state index in [1.165, 1.54) is 20.8 Å². The van der Waals surface area contributed by atoms with Crippen LogP contribution in [0.3, 0.4) is 0 Å². The maximum Gasteiger partial charge on any atom is 0.326 e. The lowest BCUT2D eigenvalue weighted by atomic mass is 9.82. The zero-order valence-electron chi connectivity index (χ0n) is 12.1. The van der Waals surface area contributed by atoms with Crippen LogP contribution < -0.4 is 4.74 Å². The van der Waals surface area contributed by atoms with Crippen LogP contribution in [-0.4, -0.2) is 24.8 Å². The Morgan fingerprint density at radius 1 is 1.00 bits per heavy atom. The summed E-state index contributed by atoms with van der Waals surface area (Å²) in [5.41, 5.74) is -0.480. The van der Waals surface area contributed by atoms with Crippen LogP contribution in [0.1, 0.15) is 26.3 Å². The molecule has 0 atom stereocenters. The Bertz CT molecular complexity index is 510. The largest absolute Gasteiger partial charge is 0.497 e. The van der Waals surface area contributed by atoms with E-state index in [1.807, 2.05) is 12.1 Å². The first-order chi connectivity index (χ1) is 9.27. The number of cyclic esters (lactones) is 2. The van der Waals surface area contributed by atoms with Crippen LogP contribution in [-0.2, 0) is 25.5 Å². The van der Waals surface area contributed by atoms with Crippen molar-refractivity contribution in [1.29, 1.82) is 0 Å². The molecule has 1 heterocycles. The SMILES string of the molecule is COc1ccc(CC2(C)C(=O)OC(C)(C)OC2=O)cc1. The van der Waals surface area contributed by atoms with Gasteiger partial charge in [0.25, 0.3) is 5.79 Å². The van der Waals surface area contributed by atoms with Gasteiger partial charge in [-0.05, 0) is 31.0 Å². The number of ether oxygens (including phenoxy) is 3. The fourth-order valence-corrected chi connectivity index (χ4v) is 2.07. The van der Waals surface area contributed by atoms with Crippen LogP contribution in [0.2, 0.25) is 0 Å². The molecule has 1 aromatic carbocycles. The molecule has 1 aromatic rings. The molecule has 2 rings (SSSR count). The first-order valence-corrected chi connectivity index (χ1v) is 6.37. The molecule has 1 fully saturated rings. The second-order valence-corrected chi connectivity index (χ2v) is 5.54. The number of methoxy groups -OCH3 is 1. The predicted octanol–water partition coefficient (Wildman–Crippen LogP) is 2.08. The van der Waals surface area contributed by atoms with Crippen molar-refractivity contribution < 1.29 is 23.8 Å². The van der Waals surface area contributed by atoms with E-state index >= 15 is 0 Å². The lowest BCUT2D eigenvalue weighted by Gasteiger charge is -2.38. The molecule has 0 spiro atoms. The Kier molecular flexibility index (Phi) is 3.46. The second kappa shape index (κ2) is 4.81. The van der Waals surface area contributed by atoms with E-state index in [1.54, 1.807) is 19.2 Å². The predicted molar refractivity (Wildman–Crippen MR) is 71.1 cm³/mol. The Balaban J connectivity index is 2.21. The van der Waals surface area contributed by atoms with Crippen LogP contribution in [0.15, 0.2) is 24.3 Å². The van der Waals surface area contributed by atoms with Crippen LogP contribution in [0.5, 0.6) is 5.75 Å². The summed E-state index contributed by atoms with van der Waals surface area (Å²) < 4.78 is 15.4. The average molecular weight is 278 g/mol. The Hall–Kier alpha value is -2.04. The summed E-state index contributed by atoms with van der Waals surface area (Å²) in [5, 5.41) is 0. The van der Waals surface area contributed by atoms with E-state index in [0.29, 0.717) is 5.75 Å². The van der Waals surface area contributed by atoms with Crippen molar-refractivity contribution in [2.75, 3.05) is 7.11 Å². The number of carbonyl (C=O) groups is 2. The van der Waals surface area contributed by atoms with Crippen molar-refractivity contribution in [3.63, 3.8) is 0 Å². The number of benzene rings is 1. The third-order valence-electron chi connectivity index (χ3n) is 3.29. The van der Waals surface area contributed by atoms with Gasteiger partial charge in [-0.2, -0.15) is 0 Å². The highest BCUT2D eigenvalue weighted by atomic mass is 16.7. The highest BCUT2D eigenvalue weighted by Crippen LogP contribution is 2.35. The molecule has 1 saturated heterocycles. The van der Waals surface area contributed by atoms with Gasteiger partial charge in [0.2, 0.25) is 0 Å². The minimum atomic E-state index is -1.32. The van der Waals surface area contributed by atoms with E-state index in [-0.39, 0.29) is 6.42 Å². The number of hydrogen-bond acceptors (Lipinski definition) is 5. The van der Waals surface area contributed by atoms with Crippen LogP contribution in [0.25, 0.3) is 0 Å². The minimum Gasteiger partial charge on any atom is -0.497 e. The van der Waals surface area contributed by atoms with Gasteiger partial charge in [-0.15, -0.1) is 0 Å². The van der Waals surface area contributed by atoms with E-state index in [2.05, 4.69) is 0 Å². The van der Waals surface area contributed by atoms with Crippen molar-refractivity contribution in [3.05, 3.63) is 29.8 Å². The normalized spacial score (nSPS) is 20.0. The van der Waals surface area contributed by atoms with Crippen molar-refractivity contribution in [1.82, 2.24) is 0 Å². The van der Waals surface area contributed by atoms with Gasteiger partial charge in [0, 0.05) is 13.8 Å². The van der Waals surface area contributed by atoms with Gasteiger partial charge in [-0.3, -0.25) is 9.59 Å². The molecule has 108 valence electrons. The number of carbonyl (C=O) groups excluding carboxylic acids is 2. The van der Waals surface area contributed by atoms with E-state index < -0.39 is 23.1 Å². The molecular weight excluding hydrogens is 260 g/mol. The van der Waals surface area contributed by atoms with Gasteiger partial charge in [0.15, 0.2) is 5.41 Å². The highest BCUT2D eigenvalue weighted by molar-refractivity contribution is 6.01. The summed E-state index contributed by atoms with van der Waals surface area (Å²) in [7, 11) is 1.58. The molecule has 0 amide bonds. The maximum atomic E-state index is 12.1. The van der Waals surface area contributed by atoms with Gasteiger partial charge in [0.05, 0.1) is 7.11 Å². The van der Waals surface area contributed by atoms with Gasteiger partial charge in [-0.25, -0.2) is 0 Å². The fourth-order valence-electron chi connectivity index (χ4n) is 2.07. The standard InChI is InChI=1S/C15H18O5/c1-14(2)19-12(16)15(3,13(17)20-14)9-10-5-7-11(18-4)8-6-10/h5-8H,9H2,1-4H3. The molecule has 0 saturated carbocycles. The van der Waals surface area contributed by atoms with E-state index in [0.717, 1.165) is 5.56 Å². The van der Waals surface area contributed by atoms with Gasteiger partial charge in [-0.1, -0.05) is 12.1 Å². The summed E-state index contributed by atoms with van der Waals surface area (Å²) in [4.78, 5) is 24.2. The molecular formula is C15H18O5. The summed E-state index contributed by atoms with van der Waals surface area (Å²) >= 11 is 0. The highest BCUT2D eigenvalue weighted by Gasteiger charge is 2.52. The van der Waals surface area contributed by atoms with Crippen molar-refractivity contribution in [3.8, 4) is 5.75 Å². The van der Waals surface area contributed by atoms with E-state index in [9.17, 15) is 9.59 Å².